The number of hydrogen-bond acceptors (Lipinski definition) is 2. The highest BCUT2D eigenvalue weighted by Gasteiger charge is 2.39. The number of amidine groups is 1. The molecule has 1 spiro atoms. The molecule has 1 heterocycles. The SMILES string of the molecule is CC(C)(CCCN1CCC2(CCCC2)C1)C(=N)N. The van der Waals surface area contributed by atoms with Gasteiger partial charge in [0.05, 0.1) is 5.84 Å². The predicted octanol–water partition coefficient (Wildman–Crippen LogP) is 2.99. The molecule has 0 atom stereocenters. The van der Waals surface area contributed by atoms with Gasteiger partial charge >= 0.3 is 0 Å². The lowest BCUT2D eigenvalue weighted by Gasteiger charge is -2.26. The van der Waals surface area contributed by atoms with Gasteiger partial charge in [-0.2, -0.15) is 0 Å². The molecule has 1 saturated heterocycles. The van der Waals surface area contributed by atoms with E-state index in [1.54, 1.807) is 0 Å². The zero-order chi connectivity index (χ0) is 13.2. The Kier molecular flexibility index (Phi) is 4.00. The molecule has 2 fully saturated rings. The molecule has 0 unspecified atom stereocenters. The second-order valence-corrected chi connectivity index (χ2v) is 7.13. The van der Waals surface area contributed by atoms with Gasteiger partial charge in [0.15, 0.2) is 0 Å². The number of hydrogen-bond donors (Lipinski definition) is 2. The maximum absolute atomic E-state index is 7.58. The van der Waals surface area contributed by atoms with Crippen LogP contribution in [0.4, 0.5) is 0 Å². The average Bonchev–Trinajstić information content (AvgIpc) is 2.90. The highest BCUT2D eigenvalue weighted by atomic mass is 15.2. The zero-order valence-electron chi connectivity index (χ0n) is 12.1. The fourth-order valence-electron chi connectivity index (χ4n) is 3.63. The van der Waals surface area contributed by atoms with Gasteiger partial charge < -0.3 is 10.6 Å². The van der Waals surface area contributed by atoms with Crippen LogP contribution in [0.15, 0.2) is 0 Å². The van der Waals surface area contributed by atoms with Gasteiger partial charge in [-0.25, -0.2) is 0 Å². The van der Waals surface area contributed by atoms with E-state index in [1.807, 2.05) is 0 Å². The summed E-state index contributed by atoms with van der Waals surface area (Å²) in [6, 6.07) is 0. The molecule has 2 aliphatic rings. The summed E-state index contributed by atoms with van der Waals surface area (Å²) in [5, 5.41) is 7.58. The van der Waals surface area contributed by atoms with E-state index in [0.717, 1.165) is 6.42 Å². The number of nitrogens with one attached hydrogen (secondary N) is 1. The summed E-state index contributed by atoms with van der Waals surface area (Å²) in [6.45, 7) is 7.97. The zero-order valence-corrected chi connectivity index (χ0v) is 12.1. The third kappa shape index (κ3) is 3.05. The van der Waals surface area contributed by atoms with Crippen LogP contribution in [0.5, 0.6) is 0 Å². The Labute approximate surface area is 112 Å². The minimum absolute atomic E-state index is 0.120. The van der Waals surface area contributed by atoms with Crippen molar-refractivity contribution >= 4 is 5.84 Å². The summed E-state index contributed by atoms with van der Waals surface area (Å²) in [7, 11) is 0. The summed E-state index contributed by atoms with van der Waals surface area (Å²) in [5.41, 5.74) is 6.20. The molecule has 1 saturated carbocycles. The summed E-state index contributed by atoms with van der Waals surface area (Å²) >= 11 is 0. The third-order valence-corrected chi connectivity index (χ3v) is 5.19. The molecule has 0 aromatic rings. The maximum atomic E-state index is 7.58. The van der Waals surface area contributed by atoms with Gasteiger partial charge in [0.25, 0.3) is 0 Å². The van der Waals surface area contributed by atoms with E-state index in [9.17, 15) is 0 Å². The van der Waals surface area contributed by atoms with Crippen molar-refractivity contribution in [3.8, 4) is 0 Å². The van der Waals surface area contributed by atoms with E-state index in [-0.39, 0.29) is 5.41 Å². The van der Waals surface area contributed by atoms with Crippen molar-refractivity contribution < 1.29 is 0 Å². The second kappa shape index (κ2) is 5.20. The smallest absolute Gasteiger partial charge is 0.0963 e. The molecular formula is C15H29N3. The van der Waals surface area contributed by atoms with Crippen molar-refractivity contribution in [1.82, 2.24) is 4.90 Å². The van der Waals surface area contributed by atoms with Gasteiger partial charge in [0.2, 0.25) is 0 Å². The first kappa shape index (κ1) is 13.9. The second-order valence-electron chi connectivity index (χ2n) is 7.13. The van der Waals surface area contributed by atoms with Gasteiger partial charge in [-0.1, -0.05) is 26.7 Å². The van der Waals surface area contributed by atoms with E-state index < -0.39 is 0 Å². The fourth-order valence-corrected chi connectivity index (χ4v) is 3.63. The molecule has 18 heavy (non-hydrogen) atoms. The molecule has 1 aliphatic heterocycles. The Hall–Kier alpha value is -0.570. The number of nitrogens with two attached hydrogens (primary N) is 1. The van der Waals surface area contributed by atoms with Crippen molar-refractivity contribution in [3.63, 3.8) is 0 Å². The van der Waals surface area contributed by atoms with Gasteiger partial charge in [-0.05, 0) is 50.6 Å². The molecule has 0 radical (unpaired) electrons. The molecule has 1 aliphatic carbocycles. The number of nitrogens with zero attached hydrogens (tertiary/aromatic N) is 1. The van der Waals surface area contributed by atoms with E-state index >= 15 is 0 Å². The van der Waals surface area contributed by atoms with Crippen molar-refractivity contribution in [2.24, 2.45) is 16.6 Å². The molecule has 3 heteroatoms. The van der Waals surface area contributed by atoms with Crippen LogP contribution in [0.25, 0.3) is 0 Å². The minimum atomic E-state index is -0.120. The van der Waals surface area contributed by atoms with Crippen LogP contribution < -0.4 is 5.73 Å². The van der Waals surface area contributed by atoms with E-state index in [1.165, 1.54) is 58.2 Å². The van der Waals surface area contributed by atoms with Crippen LogP contribution >= 0.6 is 0 Å². The van der Waals surface area contributed by atoms with Crippen LogP contribution in [0.3, 0.4) is 0 Å². The predicted molar refractivity (Wildman–Crippen MR) is 76.9 cm³/mol. The quantitative estimate of drug-likeness (QED) is 0.583. The normalized spacial score (nSPS) is 23.9. The summed E-state index contributed by atoms with van der Waals surface area (Å²) < 4.78 is 0. The van der Waals surface area contributed by atoms with Crippen molar-refractivity contribution in [2.45, 2.75) is 58.8 Å². The summed E-state index contributed by atoms with van der Waals surface area (Å²) in [6.07, 6.45) is 9.44. The first-order valence-corrected chi connectivity index (χ1v) is 7.51. The lowest BCUT2D eigenvalue weighted by molar-refractivity contribution is 0.251. The monoisotopic (exact) mass is 251 g/mol. The van der Waals surface area contributed by atoms with E-state index in [2.05, 4.69) is 18.7 Å². The molecule has 0 aromatic carbocycles. The van der Waals surface area contributed by atoms with Crippen molar-refractivity contribution in [3.05, 3.63) is 0 Å². The number of rotatable bonds is 5. The molecule has 0 amide bonds. The standard InChI is InChI=1S/C15H29N3/c1-14(2,13(16)17)6-5-10-18-11-9-15(12-18)7-3-4-8-15/h3-12H2,1-2H3,(H3,16,17). The Balaban J connectivity index is 1.71. The molecule has 3 nitrogen and oxygen atoms in total. The van der Waals surface area contributed by atoms with Crippen LogP contribution in [-0.4, -0.2) is 30.4 Å². The Morgan fingerprint density at radius 1 is 1.28 bits per heavy atom. The molecular weight excluding hydrogens is 222 g/mol. The first-order chi connectivity index (χ1) is 8.44. The topological polar surface area (TPSA) is 53.1 Å². The summed E-state index contributed by atoms with van der Waals surface area (Å²) in [5.74, 6) is 0.330. The third-order valence-electron chi connectivity index (χ3n) is 5.19. The minimum Gasteiger partial charge on any atom is -0.387 e. The molecule has 0 bridgehead atoms. The fraction of sp³-hybridized carbons (Fsp3) is 0.933. The van der Waals surface area contributed by atoms with Gasteiger partial charge in [0.1, 0.15) is 0 Å². The van der Waals surface area contributed by atoms with Crippen LogP contribution in [0.2, 0.25) is 0 Å². The van der Waals surface area contributed by atoms with Crippen LogP contribution in [-0.2, 0) is 0 Å². The van der Waals surface area contributed by atoms with Crippen LogP contribution in [0.1, 0.15) is 58.8 Å². The Morgan fingerprint density at radius 3 is 2.56 bits per heavy atom. The highest BCUT2D eigenvalue weighted by molar-refractivity contribution is 5.82. The lowest BCUT2D eigenvalue weighted by atomic mass is 9.85. The maximum Gasteiger partial charge on any atom is 0.0963 e. The van der Waals surface area contributed by atoms with Gasteiger partial charge in [-0.15, -0.1) is 0 Å². The van der Waals surface area contributed by atoms with E-state index in [0.29, 0.717) is 11.3 Å². The van der Waals surface area contributed by atoms with Gasteiger partial charge in [0, 0.05) is 12.0 Å². The first-order valence-electron chi connectivity index (χ1n) is 7.51. The molecule has 104 valence electrons. The van der Waals surface area contributed by atoms with Crippen LogP contribution in [0, 0.1) is 16.2 Å². The Morgan fingerprint density at radius 2 is 1.94 bits per heavy atom. The molecule has 2 rings (SSSR count). The Bertz CT molecular complexity index is 303. The molecule has 0 aromatic heterocycles. The van der Waals surface area contributed by atoms with E-state index in [4.69, 9.17) is 11.1 Å². The van der Waals surface area contributed by atoms with Gasteiger partial charge in [-0.3, -0.25) is 5.41 Å². The van der Waals surface area contributed by atoms with Crippen molar-refractivity contribution in [1.29, 1.82) is 5.41 Å². The number of likely N-dealkylation sites (tertiary alicyclic amines) is 1. The summed E-state index contributed by atoms with van der Waals surface area (Å²) in [4.78, 5) is 2.64. The van der Waals surface area contributed by atoms with Crippen molar-refractivity contribution in [2.75, 3.05) is 19.6 Å². The largest absolute Gasteiger partial charge is 0.387 e. The molecule has 3 N–H and O–H groups in total. The lowest BCUT2D eigenvalue weighted by Crippen LogP contribution is -2.32. The highest BCUT2D eigenvalue weighted by Crippen LogP contribution is 2.45. The average molecular weight is 251 g/mol.